The smallest absolute Gasteiger partial charge is 0.0859 e. The average Bonchev–Trinajstić information content (AvgIpc) is 2.44. The normalized spacial score (nSPS) is 14.4. The molecule has 100 valence electrons. The van der Waals surface area contributed by atoms with Crippen LogP contribution in [0.25, 0.3) is 10.9 Å². The standard InChI is InChI=1S/C15H17IN2O/c1-2-7-17-14-10-4-3-5-12(16)15(10)18-13-6-8-19-9-11(13)14/h3-5H,2,6-9H2,1H3,(H,17,18). The minimum absolute atomic E-state index is 0.676. The van der Waals surface area contributed by atoms with Gasteiger partial charge in [-0.1, -0.05) is 19.1 Å². The first-order chi connectivity index (χ1) is 9.31. The number of benzene rings is 1. The van der Waals surface area contributed by atoms with Crippen LogP contribution < -0.4 is 5.32 Å². The number of halogens is 1. The van der Waals surface area contributed by atoms with Crippen molar-refractivity contribution >= 4 is 39.2 Å². The third-order valence-corrected chi connectivity index (χ3v) is 4.30. The molecule has 1 N–H and O–H groups in total. The van der Waals surface area contributed by atoms with E-state index in [2.05, 4.69) is 53.0 Å². The second-order valence-corrected chi connectivity index (χ2v) is 5.94. The zero-order chi connectivity index (χ0) is 13.2. The molecule has 0 bridgehead atoms. The minimum atomic E-state index is 0.676. The Bertz CT molecular complexity index is 613. The first-order valence-electron chi connectivity index (χ1n) is 6.73. The molecule has 1 aromatic carbocycles. The second kappa shape index (κ2) is 5.63. The molecule has 0 spiro atoms. The highest BCUT2D eigenvalue weighted by molar-refractivity contribution is 14.1. The van der Waals surface area contributed by atoms with E-state index in [0.29, 0.717) is 6.61 Å². The molecule has 0 aliphatic carbocycles. The van der Waals surface area contributed by atoms with Crippen molar-refractivity contribution in [3.05, 3.63) is 33.0 Å². The van der Waals surface area contributed by atoms with Gasteiger partial charge in [0, 0.05) is 27.5 Å². The Morgan fingerprint density at radius 2 is 2.32 bits per heavy atom. The summed E-state index contributed by atoms with van der Waals surface area (Å²) < 4.78 is 6.83. The highest BCUT2D eigenvalue weighted by atomic mass is 127. The molecule has 3 nitrogen and oxygen atoms in total. The van der Waals surface area contributed by atoms with Crippen LogP contribution in [0.4, 0.5) is 5.69 Å². The number of rotatable bonds is 3. The van der Waals surface area contributed by atoms with Gasteiger partial charge < -0.3 is 10.1 Å². The molecule has 4 heteroatoms. The van der Waals surface area contributed by atoms with Gasteiger partial charge in [-0.05, 0) is 35.1 Å². The Morgan fingerprint density at radius 1 is 1.42 bits per heavy atom. The monoisotopic (exact) mass is 368 g/mol. The van der Waals surface area contributed by atoms with Crippen molar-refractivity contribution in [1.82, 2.24) is 4.98 Å². The molecule has 0 unspecified atom stereocenters. The number of anilines is 1. The van der Waals surface area contributed by atoms with Crippen molar-refractivity contribution in [2.45, 2.75) is 26.4 Å². The number of ether oxygens (including phenoxy) is 1. The van der Waals surface area contributed by atoms with E-state index in [0.717, 1.165) is 31.5 Å². The zero-order valence-corrected chi connectivity index (χ0v) is 13.2. The number of pyridine rings is 1. The van der Waals surface area contributed by atoms with E-state index in [4.69, 9.17) is 9.72 Å². The Labute approximate surface area is 126 Å². The summed E-state index contributed by atoms with van der Waals surface area (Å²) in [5, 5.41) is 4.78. The van der Waals surface area contributed by atoms with E-state index in [1.165, 1.54) is 25.9 Å². The van der Waals surface area contributed by atoms with E-state index in [9.17, 15) is 0 Å². The highest BCUT2D eigenvalue weighted by Gasteiger charge is 2.19. The quantitative estimate of drug-likeness (QED) is 0.839. The van der Waals surface area contributed by atoms with Crippen LogP contribution in [0.15, 0.2) is 18.2 Å². The van der Waals surface area contributed by atoms with Gasteiger partial charge in [-0.3, -0.25) is 4.98 Å². The SMILES string of the molecule is CCCNc1c2c(nc3c(I)cccc13)CCOC2. The van der Waals surface area contributed by atoms with E-state index >= 15 is 0 Å². The number of hydrogen-bond donors (Lipinski definition) is 1. The number of nitrogens with zero attached hydrogens (tertiary/aromatic N) is 1. The maximum atomic E-state index is 5.61. The molecule has 0 saturated heterocycles. The van der Waals surface area contributed by atoms with Crippen molar-refractivity contribution in [2.75, 3.05) is 18.5 Å². The van der Waals surface area contributed by atoms with Crippen molar-refractivity contribution in [3.8, 4) is 0 Å². The largest absolute Gasteiger partial charge is 0.384 e. The molecule has 2 heterocycles. The van der Waals surface area contributed by atoms with E-state index in [-0.39, 0.29) is 0 Å². The molecule has 1 aliphatic rings. The van der Waals surface area contributed by atoms with Crippen LogP contribution in [0.1, 0.15) is 24.6 Å². The van der Waals surface area contributed by atoms with Crippen molar-refractivity contribution in [2.24, 2.45) is 0 Å². The molecule has 2 aromatic rings. The lowest BCUT2D eigenvalue weighted by Gasteiger charge is -2.22. The van der Waals surface area contributed by atoms with E-state index in [1.807, 2.05) is 0 Å². The van der Waals surface area contributed by atoms with Crippen molar-refractivity contribution in [1.29, 1.82) is 0 Å². The highest BCUT2D eigenvalue weighted by Crippen LogP contribution is 2.33. The number of aromatic nitrogens is 1. The number of nitrogens with one attached hydrogen (secondary N) is 1. The minimum Gasteiger partial charge on any atom is -0.384 e. The first-order valence-corrected chi connectivity index (χ1v) is 7.80. The van der Waals surface area contributed by atoms with E-state index < -0.39 is 0 Å². The topological polar surface area (TPSA) is 34.2 Å². The fraction of sp³-hybridized carbons (Fsp3) is 0.400. The van der Waals surface area contributed by atoms with E-state index in [1.54, 1.807) is 0 Å². The third kappa shape index (κ3) is 2.43. The third-order valence-electron chi connectivity index (χ3n) is 3.43. The molecule has 0 fully saturated rings. The maximum Gasteiger partial charge on any atom is 0.0859 e. The Morgan fingerprint density at radius 3 is 3.16 bits per heavy atom. The Kier molecular flexibility index (Phi) is 3.88. The van der Waals surface area contributed by atoms with Crippen LogP contribution in [-0.4, -0.2) is 18.1 Å². The van der Waals surface area contributed by atoms with Gasteiger partial charge in [-0.25, -0.2) is 0 Å². The second-order valence-electron chi connectivity index (χ2n) is 4.78. The summed E-state index contributed by atoms with van der Waals surface area (Å²) >= 11 is 2.37. The van der Waals surface area contributed by atoms with Gasteiger partial charge in [-0.15, -0.1) is 0 Å². The van der Waals surface area contributed by atoms with Gasteiger partial charge in [0.25, 0.3) is 0 Å². The van der Waals surface area contributed by atoms with Gasteiger partial charge >= 0.3 is 0 Å². The Hall–Kier alpha value is -0.880. The lowest BCUT2D eigenvalue weighted by atomic mass is 10.0. The molecule has 0 radical (unpaired) electrons. The lowest BCUT2D eigenvalue weighted by molar-refractivity contribution is 0.110. The molecule has 1 aliphatic heterocycles. The van der Waals surface area contributed by atoms with Crippen molar-refractivity contribution in [3.63, 3.8) is 0 Å². The predicted octanol–water partition coefficient (Wildman–Crippen LogP) is 3.73. The van der Waals surface area contributed by atoms with Gasteiger partial charge in [0.05, 0.1) is 30.1 Å². The van der Waals surface area contributed by atoms with Crippen molar-refractivity contribution < 1.29 is 4.74 Å². The van der Waals surface area contributed by atoms with Crippen LogP contribution in [0.3, 0.4) is 0 Å². The molecular formula is C15H17IN2O. The van der Waals surface area contributed by atoms with Crippen LogP contribution in [0, 0.1) is 3.57 Å². The molecule has 3 rings (SSSR count). The fourth-order valence-electron chi connectivity index (χ4n) is 2.50. The molecular weight excluding hydrogens is 351 g/mol. The van der Waals surface area contributed by atoms with Gasteiger partial charge in [-0.2, -0.15) is 0 Å². The summed E-state index contributed by atoms with van der Waals surface area (Å²) in [7, 11) is 0. The summed E-state index contributed by atoms with van der Waals surface area (Å²) in [6, 6.07) is 6.36. The zero-order valence-electron chi connectivity index (χ0n) is 11.0. The summed E-state index contributed by atoms with van der Waals surface area (Å²) in [5.41, 5.74) is 4.78. The van der Waals surface area contributed by atoms with Gasteiger partial charge in [0.1, 0.15) is 0 Å². The first kappa shape index (κ1) is 13.1. The average molecular weight is 368 g/mol. The summed E-state index contributed by atoms with van der Waals surface area (Å²) in [6.45, 7) is 4.62. The number of para-hydroxylation sites is 1. The number of fused-ring (bicyclic) bond motifs is 2. The molecule has 0 saturated carbocycles. The summed E-state index contributed by atoms with van der Waals surface area (Å²) in [4.78, 5) is 4.86. The summed E-state index contributed by atoms with van der Waals surface area (Å²) in [6.07, 6.45) is 2.03. The van der Waals surface area contributed by atoms with Gasteiger partial charge in [0.15, 0.2) is 0 Å². The van der Waals surface area contributed by atoms with Gasteiger partial charge in [0.2, 0.25) is 0 Å². The molecule has 0 amide bonds. The molecule has 0 atom stereocenters. The Balaban J connectivity index is 2.24. The predicted molar refractivity (Wildman–Crippen MR) is 86.6 cm³/mol. The van der Waals surface area contributed by atoms with Crippen LogP contribution in [0.5, 0.6) is 0 Å². The number of hydrogen-bond acceptors (Lipinski definition) is 3. The fourth-order valence-corrected chi connectivity index (χ4v) is 3.12. The van der Waals surface area contributed by atoms with Crippen LogP contribution >= 0.6 is 22.6 Å². The van der Waals surface area contributed by atoms with Crippen LogP contribution in [0.2, 0.25) is 0 Å². The summed E-state index contributed by atoms with van der Waals surface area (Å²) in [5.74, 6) is 0. The maximum absolute atomic E-state index is 5.61. The molecule has 1 aromatic heterocycles. The lowest BCUT2D eigenvalue weighted by Crippen LogP contribution is -2.16. The molecule has 19 heavy (non-hydrogen) atoms. The van der Waals surface area contributed by atoms with Crippen LogP contribution in [-0.2, 0) is 17.8 Å².